The molecule has 2 aromatic heterocycles. The molecule has 2 N–H and O–H groups in total. The highest BCUT2D eigenvalue weighted by molar-refractivity contribution is 8.00. The molecule has 1 atom stereocenters. The van der Waals surface area contributed by atoms with Gasteiger partial charge in [-0.25, -0.2) is 9.78 Å². The first kappa shape index (κ1) is 19.9. The van der Waals surface area contributed by atoms with E-state index in [1.165, 1.54) is 24.4 Å². The van der Waals surface area contributed by atoms with Gasteiger partial charge >= 0.3 is 5.97 Å². The fourth-order valence-corrected chi connectivity index (χ4v) is 3.74. The molecule has 28 heavy (non-hydrogen) atoms. The number of nitrogens with one attached hydrogen (secondary N) is 2. The van der Waals surface area contributed by atoms with Gasteiger partial charge in [0.05, 0.1) is 23.6 Å². The average Bonchev–Trinajstić information content (AvgIpc) is 3.25. The minimum absolute atomic E-state index is 0.123. The number of thioether (sulfide) groups is 1. The summed E-state index contributed by atoms with van der Waals surface area (Å²) in [5.74, 6) is 0.0757. The number of hydrogen-bond acceptors (Lipinski definition) is 6. The average molecular weight is 398 g/mol. The number of ketones is 1. The molecule has 0 fully saturated rings. The number of methoxy groups -OCH3 is 1. The lowest BCUT2D eigenvalue weighted by Crippen LogP contribution is -2.15. The number of nitrogens with zero attached hydrogens (tertiary/aromatic N) is 2. The molecule has 3 aromatic rings. The Morgan fingerprint density at radius 1 is 1.14 bits per heavy atom. The van der Waals surface area contributed by atoms with Crippen LogP contribution in [0.1, 0.15) is 44.6 Å². The molecule has 0 aliphatic carbocycles. The Kier molecular flexibility index (Phi) is 5.69. The maximum Gasteiger partial charge on any atom is 0.339 e. The number of aromatic amines is 2. The van der Waals surface area contributed by atoms with Crippen LogP contribution in [0.5, 0.6) is 0 Å². The fourth-order valence-electron chi connectivity index (χ4n) is 2.96. The van der Waals surface area contributed by atoms with Crippen molar-refractivity contribution in [1.82, 2.24) is 20.2 Å². The van der Waals surface area contributed by atoms with Crippen LogP contribution in [-0.4, -0.2) is 44.3 Å². The second kappa shape index (κ2) is 8.02. The van der Waals surface area contributed by atoms with Crippen molar-refractivity contribution < 1.29 is 14.3 Å². The summed E-state index contributed by atoms with van der Waals surface area (Å²) in [6.07, 6.45) is 0. The van der Waals surface area contributed by atoms with E-state index >= 15 is 0 Å². The second-order valence-corrected chi connectivity index (χ2v) is 7.88. The number of aryl methyl sites for hydroxylation is 2. The van der Waals surface area contributed by atoms with Gasteiger partial charge in [0, 0.05) is 11.3 Å². The molecule has 1 unspecified atom stereocenters. The van der Waals surface area contributed by atoms with Crippen LogP contribution >= 0.6 is 11.8 Å². The van der Waals surface area contributed by atoms with Gasteiger partial charge in [-0.2, -0.15) is 0 Å². The van der Waals surface area contributed by atoms with Crippen LogP contribution in [0.3, 0.4) is 0 Å². The van der Waals surface area contributed by atoms with Crippen molar-refractivity contribution in [3.05, 3.63) is 52.3 Å². The molecule has 7 nitrogen and oxygen atoms in total. The number of esters is 1. The van der Waals surface area contributed by atoms with Gasteiger partial charge < -0.3 is 9.72 Å². The van der Waals surface area contributed by atoms with E-state index in [4.69, 9.17) is 4.74 Å². The van der Waals surface area contributed by atoms with Gasteiger partial charge in [0.2, 0.25) is 5.16 Å². The number of H-pyrrole nitrogens is 2. The number of Topliss-reactive ketones (excluding diaryl/α,β-unsaturated/α-hetero) is 1. The molecule has 0 bridgehead atoms. The predicted molar refractivity (Wildman–Crippen MR) is 108 cm³/mol. The fraction of sp³-hybridized carbons (Fsp3) is 0.300. The third-order valence-corrected chi connectivity index (χ3v) is 5.48. The van der Waals surface area contributed by atoms with E-state index in [9.17, 15) is 9.59 Å². The smallest absolute Gasteiger partial charge is 0.339 e. The van der Waals surface area contributed by atoms with Crippen molar-refractivity contribution in [2.45, 2.75) is 38.1 Å². The summed E-state index contributed by atoms with van der Waals surface area (Å²) in [4.78, 5) is 32.3. The van der Waals surface area contributed by atoms with Gasteiger partial charge in [0.15, 0.2) is 11.6 Å². The van der Waals surface area contributed by atoms with Gasteiger partial charge in [-0.05, 0) is 33.3 Å². The zero-order valence-corrected chi connectivity index (χ0v) is 17.2. The molecular weight excluding hydrogens is 376 g/mol. The monoisotopic (exact) mass is 398 g/mol. The molecular formula is C20H22N4O3S. The number of carbonyl (C=O) groups is 2. The first-order chi connectivity index (χ1) is 13.3. The molecule has 3 rings (SSSR count). The lowest BCUT2D eigenvalue weighted by atomic mass is 10.1. The number of rotatable bonds is 6. The van der Waals surface area contributed by atoms with Gasteiger partial charge in [0.25, 0.3) is 0 Å². The van der Waals surface area contributed by atoms with Crippen LogP contribution in [0.4, 0.5) is 0 Å². The first-order valence-corrected chi connectivity index (χ1v) is 9.67. The standard InChI is InChI=1S/C20H22N4O3S/c1-10-6-8-14(9-7-10)18-22-20(24-23-18)28-13(4)17(25)16-11(2)15(12(3)21-16)19(26)27-5/h6-9,13,21H,1-5H3,(H,22,23,24). The van der Waals surface area contributed by atoms with Crippen molar-refractivity contribution in [1.29, 1.82) is 0 Å². The van der Waals surface area contributed by atoms with Crippen LogP contribution in [0.25, 0.3) is 11.4 Å². The van der Waals surface area contributed by atoms with Gasteiger partial charge in [-0.1, -0.05) is 41.6 Å². The minimum atomic E-state index is -0.456. The van der Waals surface area contributed by atoms with E-state index in [0.29, 0.717) is 33.5 Å². The molecule has 146 valence electrons. The molecule has 0 saturated carbocycles. The van der Waals surface area contributed by atoms with Gasteiger partial charge in [0.1, 0.15) is 0 Å². The lowest BCUT2D eigenvalue weighted by molar-refractivity contribution is 0.0599. The maximum absolute atomic E-state index is 12.9. The molecule has 0 aliphatic heterocycles. The molecule has 1 aromatic carbocycles. The third kappa shape index (κ3) is 3.87. The zero-order chi connectivity index (χ0) is 20.4. The van der Waals surface area contributed by atoms with E-state index in [1.54, 1.807) is 20.8 Å². The number of carbonyl (C=O) groups excluding carboxylic acids is 2. The zero-order valence-electron chi connectivity index (χ0n) is 16.4. The van der Waals surface area contributed by atoms with E-state index in [2.05, 4.69) is 20.2 Å². The highest BCUT2D eigenvalue weighted by Gasteiger charge is 2.26. The Bertz CT molecular complexity index is 1020. The van der Waals surface area contributed by atoms with E-state index in [1.807, 2.05) is 31.2 Å². The highest BCUT2D eigenvalue weighted by atomic mass is 32.2. The molecule has 8 heteroatoms. The Labute approximate surface area is 167 Å². The van der Waals surface area contributed by atoms with E-state index in [0.717, 1.165) is 5.56 Å². The van der Waals surface area contributed by atoms with E-state index < -0.39 is 11.2 Å². The van der Waals surface area contributed by atoms with Gasteiger partial charge in [-0.15, -0.1) is 5.10 Å². The van der Waals surface area contributed by atoms with Crippen LogP contribution < -0.4 is 0 Å². The lowest BCUT2D eigenvalue weighted by Gasteiger charge is -2.07. The Morgan fingerprint density at radius 2 is 1.82 bits per heavy atom. The third-order valence-electron chi connectivity index (χ3n) is 4.51. The summed E-state index contributed by atoms with van der Waals surface area (Å²) >= 11 is 1.26. The molecule has 0 amide bonds. The largest absolute Gasteiger partial charge is 0.465 e. The van der Waals surface area contributed by atoms with Crippen molar-refractivity contribution in [2.75, 3.05) is 7.11 Å². The Hall–Kier alpha value is -2.87. The topological polar surface area (TPSA) is 101 Å². The van der Waals surface area contributed by atoms with Crippen LogP contribution in [0.15, 0.2) is 29.4 Å². The van der Waals surface area contributed by atoms with Crippen LogP contribution in [0, 0.1) is 20.8 Å². The summed E-state index contributed by atoms with van der Waals surface area (Å²) in [7, 11) is 1.32. The SMILES string of the molecule is COC(=O)c1c(C)[nH]c(C(=O)C(C)Sc2n[nH]c(-c3ccc(C)cc3)n2)c1C. The van der Waals surface area contributed by atoms with E-state index in [-0.39, 0.29) is 5.78 Å². The van der Waals surface area contributed by atoms with Gasteiger partial charge in [-0.3, -0.25) is 9.89 Å². The molecule has 0 aliphatic rings. The summed E-state index contributed by atoms with van der Waals surface area (Å²) in [5.41, 5.74) is 4.12. The summed E-state index contributed by atoms with van der Waals surface area (Å²) in [6.45, 7) is 7.30. The molecule has 2 heterocycles. The van der Waals surface area contributed by atoms with Crippen LogP contribution in [0.2, 0.25) is 0 Å². The number of hydrogen-bond donors (Lipinski definition) is 2. The summed E-state index contributed by atoms with van der Waals surface area (Å²) in [5, 5.41) is 7.18. The quantitative estimate of drug-likeness (QED) is 0.371. The minimum Gasteiger partial charge on any atom is -0.465 e. The molecule has 0 spiro atoms. The summed E-state index contributed by atoms with van der Waals surface area (Å²) < 4.78 is 4.80. The van der Waals surface area contributed by atoms with Crippen LogP contribution in [-0.2, 0) is 4.74 Å². The number of aromatic nitrogens is 4. The second-order valence-electron chi connectivity index (χ2n) is 6.57. The molecule has 0 saturated heterocycles. The first-order valence-electron chi connectivity index (χ1n) is 8.79. The Balaban J connectivity index is 1.77. The van der Waals surface area contributed by atoms with Crippen molar-refractivity contribution >= 4 is 23.5 Å². The maximum atomic E-state index is 12.9. The van der Waals surface area contributed by atoms with Crippen molar-refractivity contribution in [3.8, 4) is 11.4 Å². The Morgan fingerprint density at radius 3 is 2.46 bits per heavy atom. The van der Waals surface area contributed by atoms with Crippen molar-refractivity contribution in [2.24, 2.45) is 0 Å². The number of benzene rings is 1. The molecule has 0 radical (unpaired) electrons. The summed E-state index contributed by atoms with van der Waals surface area (Å²) in [6, 6.07) is 7.95. The van der Waals surface area contributed by atoms with Crippen molar-refractivity contribution in [3.63, 3.8) is 0 Å². The predicted octanol–water partition coefficient (Wildman–Crippen LogP) is 3.88. The number of ether oxygens (including phenoxy) is 1. The normalized spacial score (nSPS) is 12.0. The highest BCUT2D eigenvalue weighted by Crippen LogP contribution is 2.27.